The molecule has 18 heavy (non-hydrogen) atoms. The van der Waals surface area contributed by atoms with Crippen LogP contribution in [-0.2, 0) is 0 Å². The number of ketones is 1. The number of halogens is 2. The zero-order valence-electron chi connectivity index (χ0n) is 9.71. The summed E-state index contributed by atoms with van der Waals surface area (Å²) in [5, 5.41) is 1.08. The van der Waals surface area contributed by atoms with Crippen molar-refractivity contribution in [2.24, 2.45) is 0 Å². The first-order valence-corrected chi connectivity index (χ1v) is 6.10. The average molecular weight is 280 g/mol. The van der Waals surface area contributed by atoms with E-state index in [0.29, 0.717) is 26.9 Å². The predicted octanol–water partition coefficient (Wildman–Crippen LogP) is 4.12. The van der Waals surface area contributed by atoms with Gasteiger partial charge in [-0.2, -0.15) is 0 Å². The SMILES string of the molecule is Cc1cc(Cl)cc(C(=O)c2ccc(Cl)cc2)c1N. The van der Waals surface area contributed by atoms with Crippen LogP contribution in [0.3, 0.4) is 0 Å². The van der Waals surface area contributed by atoms with E-state index in [1.165, 1.54) is 0 Å². The molecule has 92 valence electrons. The topological polar surface area (TPSA) is 43.1 Å². The third kappa shape index (κ3) is 2.50. The molecule has 0 aliphatic heterocycles. The second kappa shape index (κ2) is 5.01. The summed E-state index contributed by atoms with van der Waals surface area (Å²) in [6, 6.07) is 9.99. The molecular formula is C14H11Cl2NO. The van der Waals surface area contributed by atoms with E-state index in [9.17, 15) is 4.79 Å². The summed E-state index contributed by atoms with van der Waals surface area (Å²) >= 11 is 11.7. The lowest BCUT2D eigenvalue weighted by Gasteiger charge is -2.08. The number of nitrogen functional groups attached to an aromatic ring is 1. The molecule has 0 bridgehead atoms. The maximum absolute atomic E-state index is 12.3. The van der Waals surface area contributed by atoms with E-state index >= 15 is 0 Å². The number of aryl methyl sites for hydroxylation is 1. The molecule has 0 saturated heterocycles. The summed E-state index contributed by atoms with van der Waals surface area (Å²) in [5.74, 6) is -0.158. The van der Waals surface area contributed by atoms with Crippen molar-refractivity contribution < 1.29 is 4.79 Å². The van der Waals surface area contributed by atoms with E-state index in [4.69, 9.17) is 28.9 Å². The Bertz CT molecular complexity index is 606. The Labute approximate surface area is 115 Å². The average Bonchev–Trinajstić information content (AvgIpc) is 2.34. The van der Waals surface area contributed by atoms with Gasteiger partial charge in [0.1, 0.15) is 0 Å². The Morgan fingerprint density at radius 3 is 2.28 bits per heavy atom. The number of hydrogen-bond acceptors (Lipinski definition) is 2. The van der Waals surface area contributed by atoms with Gasteiger partial charge in [-0.1, -0.05) is 23.2 Å². The van der Waals surface area contributed by atoms with E-state index in [1.54, 1.807) is 36.4 Å². The van der Waals surface area contributed by atoms with Crippen LogP contribution in [0.5, 0.6) is 0 Å². The van der Waals surface area contributed by atoms with Crippen LogP contribution in [0.15, 0.2) is 36.4 Å². The minimum atomic E-state index is -0.158. The van der Waals surface area contributed by atoms with Crippen molar-refractivity contribution in [2.45, 2.75) is 6.92 Å². The number of anilines is 1. The molecule has 0 aliphatic carbocycles. The Balaban J connectivity index is 2.49. The zero-order chi connectivity index (χ0) is 13.3. The predicted molar refractivity (Wildman–Crippen MR) is 75.5 cm³/mol. The van der Waals surface area contributed by atoms with E-state index in [2.05, 4.69) is 0 Å². The molecule has 2 nitrogen and oxygen atoms in total. The third-order valence-electron chi connectivity index (χ3n) is 2.70. The van der Waals surface area contributed by atoms with Crippen LogP contribution in [0.4, 0.5) is 5.69 Å². The van der Waals surface area contributed by atoms with Crippen molar-refractivity contribution in [3.63, 3.8) is 0 Å². The molecule has 0 heterocycles. The van der Waals surface area contributed by atoms with Crippen LogP contribution in [-0.4, -0.2) is 5.78 Å². The van der Waals surface area contributed by atoms with Gasteiger partial charge >= 0.3 is 0 Å². The molecule has 0 atom stereocenters. The molecule has 4 heteroatoms. The lowest BCUT2D eigenvalue weighted by Crippen LogP contribution is -2.06. The molecule has 2 N–H and O–H groups in total. The molecule has 0 amide bonds. The molecule has 0 fully saturated rings. The van der Waals surface area contributed by atoms with Crippen LogP contribution in [0, 0.1) is 6.92 Å². The van der Waals surface area contributed by atoms with Gasteiger partial charge in [-0.25, -0.2) is 0 Å². The smallest absolute Gasteiger partial charge is 0.195 e. The first-order valence-electron chi connectivity index (χ1n) is 5.35. The highest BCUT2D eigenvalue weighted by atomic mass is 35.5. The monoisotopic (exact) mass is 279 g/mol. The summed E-state index contributed by atoms with van der Waals surface area (Å²) in [6.07, 6.45) is 0. The molecular weight excluding hydrogens is 269 g/mol. The van der Waals surface area contributed by atoms with Crippen molar-refractivity contribution in [1.82, 2.24) is 0 Å². The highest BCUT2D eigenvalue weighted by molar-refractivity contribution is 6.32. The fourth-order valence-electron chi connectivity index (χ4n) is 1.70. The first kappa shape index (κ1) is 12.9. The second-order valence-corrected chi connectivity index (χ2v) is 4.89. The minimum Gasteiger partial charge on any atom is -0.398 e. The number of benzene rings is 2. The molecule has 2 aromatic rings. The molecule has 0 unspecified atom stereocenters. The highest BCUT2D eigenvalue weighted by Gasteiger charge is 2.14. The standard InChI is InChI=1S/C14H11Cl2NO/c1-8-6-11(16)7-12(13(8)17)14(18)9-2-4-10(15)5-3-9/h2-7H,17H2,1H3. The van der Waals surface area contributed by atoms with Crippen LogP contribution in [0.25, 0.3) is 0 Å². The van der Waals surface area contributed by atoms with Crippen molar-refractivity contribution in [3.05, 3.63) is 63.1 Å². The Kier molecular flexibility index (Phi) is 3.60. The summed E-state index contributed by atoms with van der Waals surface area (Å²) in [7, 11) is 0. The molecule has 0 aliphatic rings. The van der Waals surface area contributed by atoms with Gasteiger partial charge in [-0.3, -0.25) is 4.79 Å². The van der Waals surface area contributed by atoms with Gasteiger partial charge in [0.25, 0.3) is 0 Å². The summed E-state index contributed by atoms with van der Waals surface area (Å²) in [4.78, 5) is 12.3. The molecule has 2 aromatic carbocycles. The van der Waals surface area contributed by atoms with Crippen LogP contribution in [0.1, 0.15) is 21.5 Å². The zero-order valence-corrected chi connectivity index (χ0v) is 11.2. The highest BCUT2D eigenvalue weighted by Crippen LogP contribution is 2.25. The van der Waals surface area contributed by atoms with Gasteiger partial charge in [0, 0.05) is 26.9 Å². The number of hydrogen-bond donors (Lipinski definition) is 1. The summed E-state index contributed by atoms with van der Waals surface area (Å²) in [5.41, 5.74) is 8.12. The van der Waals surface area contributed by atoms with Crippen LogP contribution in [0.2, 0.25) is 10.0 Å². The van der Waals surface area contributed by atoms with Gasteiger partial charge in [-0.05, 0) is 48.9 Å². The number of carbonyl (C=O) groups excluding carboxylic acids is 1. The third-order valence-corrected chi connectivity index (χ3v) is 3.17. The maximum Gasteiger partial charge on any atom is 0.195 e. The van der Waals surface area contributed by atoms with E-state index in [1.807, 2.05) is 6.92 Å². The molecule has 0 aromatic heterocycles. The first-order chi connectivity index (χ1) is 8.49. The van der Waals surface area contributed by atoms with E-state index in [-0.39, 0.29) is 5.78 Å². The van der Waals surface area contributed by atoms with Gasteiger partial charge in [-0.15, -0.1) is 0 Å². The summed E-state index contributed by atoms with van der Waals surface area (Å²) < 4.78 is 0. The Morgan fingerprint density at radius 1 is 1.06 bits per heavy atom. The lowest BCUT2D eigenvalue weighted by molar-refractivity contribution is 0.103. The van der Waals surface area contributed by atoms with E-state index < -0.39 is 0 Å². The van der Waals surface area contributed by atoms with Crippen molar-refractivity contribution >= 4 is 34.7 Å². The second-order valence-electron chi connectivity index (χ2n) is 4.02. The normalized spacial score (nSPS) is 10.4. The van der Waals surface area contributed by atoms with Crippen molar-refractivity contribution in [2.75, 3.05) is 5.73 Å². The number of rotatable bonds is 2. The van der Waals surface area contributed by atoms with Gasteiger partial charge in [0.05, 0.1) is 0 Å². The fraction of sp³-hybridized carbons (Fsp3) is 0.0714. The van der Waals surface area contributed by atoms with Crippen molar-refractivity contribution in [3.8, 4) is 0 Å². The minimum absolute atomic E-state index is 0.158. The molecule has 0 saturated carbocycles. The number of nitrogens with two attached hydrogens (primary N) is 1. The van der Waals surface area contributed by atoms with Gasteiger partial charge < -0.3 is 5.73 Å². The van der Waals surface area contributed by atoms with Crippen molar-refractivity contribution in [1.29, 1.82) is 0 Å². The maximum atomic E-state index is 12.3. The summed E-state index contributed by atoms with van der Waals surface area (Å²) in [6.45, 7) is 1.82. The molecule has 0 radical (unpaired) electrons. The quantitative estimate of drug-likeness (QED) is 0.664. The molecule has 2 rings (SSSR count). The largest absolute Gasteiger partial charge is 0.398 e. The Hall–Kier alpha value is -1.51. The van der Waals surface area contributed by atoms with Gasteiger partial charge in [0.15, 0.2) is 5.78 Å². The van der Waals surface area contributed by atoms with Crippen LogP contribution < -0.4 is 5.73 Å². The van der Waals surface area contributed by atoms with E-state index in [0.717, 1.165) is 5.56 Å². The van der Waals surface area contributed by atoms with Gasteiger partial charge in [0.2, 0.25) is 0 Å². The lowest BCUT2D eigenvalue weighted by atomic mass is 9.99. The molecule has 0 spiro atoms. The Morgan fingerprint density at radius 2 is 1.67 bits per heavy atom. The number of carbonyl (C=O) groups is 1. The fourth-order valence-corrected chi connectivity index (χ4v) is 2.10. The van der Waals surface area contributed by atoms with Crippen LogP contribution >= 0.6 is 23.2 Å².